The highest BCUT2D eigenvalue weighted by atomic mass is 19.1. The molecular formula is C11H14F2O. The van der Waals surface area contributed by atoms with Crippen molar-refractivity contribution in [1.29, 1.82) is 0 Å². The Hall–Kier alpha value is -1.12. The van der Waals surface area contributed by atoms with E-state index in [9.17, 15) is 8.78 Å². The van der Waals surface area contributed by atoms with Gasteiger partial charge in [0.15, 0.2) is 0 Å². The van der Waals surface area contributed by atoms with E-state index in [1.165, 1.54) is 6.07 Å². The molecule has 1 rings (SSSR count). The summed E-state index contributed by atoms with van der Waals surface area (Å²) in [6, 6.07) is 2.07. The zero-order valence-corrected chi connectivity index (χ0v) is 8.60. The molecule has 3 heteroatoms. The van der Waals surface area contributed by atoms with Crippen molar-refractivity contribution in [1.82, 2.24) is 0 Å². The molecule has 1 nitrogen and oxygen atoms in total. The summed E-state index contributed by atoms with van der Waals surface area (Å²) in [6.07, 6.45) is 0. The Kier molecular flexibility index (Phi) is 3.44. The van der Waals surface area contributed by atoms with Crippen LogP contribution in [0.2, 0.25) is 0 Å². The minimum atomic E-state index is -0.605. The molecule has 0 heterocycles. The topological polar surface area (TPSA) is 9.23 Å². The molecule has 0 radical (unpaired) electrons. The zero-order chi connectivity index (χ0) is 10.7. The van der Waals surface area contributed by atoms with Gasteiger partial charge < -0.3 is 4.74 Å². The van der Waals surface area contributed by atoms with Gasteiger partial charge in [0.25, 0.3) is 0 Å². The molecule has 1 aromatic carbocycles. The maximum absolute atomic E-state index is 13.0. The molecule has 0 aliphatic rings. The molecule has 0 unspecified atom stereocenters. The van der Waals surface area contributed by atoms with Crippen LogP contribution in [0.25, 0.3) is 0 Å². The lowest BCUT2D eigenvalue weighted by Gasteiger charge is -2.11. The van der Waals surface area contributed by atoms with Crippen molar-refractivity contribution < 1.29 is 13.5 Å². The van der Waals surface area contributed by atoms with E-state index in [1.807, 2.05) is 13.8 Å². The van der Waals surface area contributed by atoms with Gasteiger partial charge in [0.2, 0.25) is 0 Å². The van der Waals surface area contributed by atoms with Crippen LogP contribution in [-0.2, 0) is 0 Å². The van der Waals surface area contributed by atoms with E-state index in [0.29, 0.717) is 18.1 Å². The van der Waals surface area contributed by atoms with Crippen molar-refractivity contribution in [2.45, 2.75) is 20.8 Å². The van der Waals surface area contributed by atoms with Gasteiger partial charge in [0, 0.05) is 17.7 Å². The van der Waals surface area contributed by atoms with Crippen LogP contribution in [-0.4, -0.2) is 6.61 Å². The molecule has 0 aromatic heterocycles. The van der Waals surface area contributed by atoms with Crippen LogP contribution in [0.1, 0.15) is 19.4 Å². The molecule has 14 heavy (non-hydrogen) atoms. The fourth-order valence-corrected chi connectivity index (χ4v) is 1.03. The average molecular weight is 200 g/mol. The highest BCUT2D eigenvalue weighted by Crippen LogP contribution is 2.22. The number of halogens is 2. The Labute approximate surface area is 82.7 Å². The van der Waals surface area contributed by atoms with Crippen molar-refractivity contribution in [2.75, 3.05) is 6.61 Å². The van der Waals surface area contributed by atoms with Crippen LogP contribution in [0.5, 0.6) is 5.75 Å². The van der Waals surface area contributed by atoms with Crippen molar-refractivity contribution in [3.05, 3.63) is 29.3 Å². The van der Waals surface area contributed by atoms with Crippen molar-refractivity contribution in [3.8, 4) is 5.75 Å². The van der Waals surface area contributed by atoms with Crippen LogP contribution in [0.4, 0.5) is 8.78 Å². The first kappa shape index (κ1) is 11.0. The van der Waals surface area contributed by atoms with E-state index in [-0.39, 0.29) is 5.75 Å². The molecule has 0 fully saturated rings. The summed E-state index contributed by atoms with van der Waals surface area (Å²) in [4.78, 5) is 0. The summed E-state index contributed by atoms with van der Waals surface area (Å²) in [6.45, 7) is 5.99. The van der Waals surface area contributed by atoms with E-state index >= 15 is 0 Å². The lowest BCUT2D eigenvalue weighted by molar-refractivity contribution is 0.266. The lowest BCUT2D eigenvalue weighted by Crippen LogP contribution is -2.06. The van der Waals surface area contributed by atoms with Gasteiger partial charge in [0.1, 0.15) is 17.4 Å². The van der Waals surface area contributed by atoms with Crippen LogP contribution in [0, 0.1) is 24.5 Å². The molecule has 0 amide bonds. The third-order valence-electron chi connectivity index (χ3n) is 1.83. The van der Waals surface area contributed by atoms with Crippen LogP contribution in [0.3, 0.4) is 0 Å². The Bertz CT molecular complexity index is 321. The van der Waals surface area contributed by atoms with Crippen molar-refractivity contribution in [3.63, 3.8) is 0 Å². The summed E-state index contributed by atoms with van der Waals surface area (Å²) < 4.78 is 31.1. The smallest absolute Gasteiger partial charge is 0.132 e. The summed E-state index contributed by atoms with van der Waals surface area (Å²) in [5.41, 5.74) is 0.354. The van der Waals surface area contributed by atoms with Gasteiger partial charge in [-0.15, -0.1) is 0 Å². The number of ether oxygens (including phenoxy) is 1. The van der Waals surface area contributed by atoms with Gasteiger partial charge in [-0.2, -0.15) is 0 Å². The van der Waals surface area contributed by atoms with Gasteiger partial charge in [-0.05, 0) is 12.8 Å². The van der Waals surface area contributed by atoms with E-state index in [2.05, 4.69) is 0 Å². The predicted molar refractivity (Wildman–Crippen MR) is 51.4 cm³/mol. The van der Waals surface area contributed by atoms with E-state index in [4.69, 9.17) is 4.74 Å². The Morgan fingerprint density at radius 2 is 1.93 bits per heavy atom. The second-order valence-electron chi connectivity index (χ2n) is 3.72. The van der Waals surface area contributed by atoms with Crippen LogP contribution >= 0.6 is 0 Å². The summed E-state index contributed by atoms with van der Waals surface area (Å²) in [5, 5.41) is 0. The molecule has 78 valence electrons. The first-order chi connectivity index (χ1) is 6.50. The molecule has 0 aliphatic carbocycles. The maximum Gasteiger partial charge on any atom is 0.132 e. The fourth-order valence-electron chi connectivity index (χ4n) is 1.03. The molecule has 0 spiro atoms. The third kappa shape index (κ3) is 2.69. The van der Waals surface area contributed by atoms with E-state index in [0.717, 1.165) is 6.07 Å². The number of hydrogen-bond donors (Lipinski definition) is 0. The largest absolute Gasteiger partial charge is 0.493 e. The molecule has 0 aliphatic heterocycles. The minimum Gasteiger partial charge on any atom is -0.493 e. The Morgan fingerprint density at radius 3 is 2.50 bits per heavy atom. The number of benzene rings is 1. The summed E-state index contributed by atoms with van der Waals surface area (Å²) >= 11 is 0. The molecule has 0 bridgehead atoms. The lowest BCUT2D eigenvalue weighted by atomic mass is 10.2. The maximum atomic E-state index is 13.0. The molecule has 0 atom stereocenters. The molecule has 0 saturated carbocycles. The highest BCUT2D eigenvalue weighted by Gasteiger charge is 2.08. The van der Waals surface area contributed by atoms with Crippen LogP contribution in [0.15, 0.2) is 12.1 Å². The minimum absolute atomic E-state index is 0.288. The SMILES string of the molecule is Cc1c(F)cc(F)cc1OCC(C)C. The van der Waals surface area contributed by atoms with Crippen molar-refractivity contribution in [2.24, 2.45) is 5.92 Å². The molecule has 1 aromatic rings. The van der Waals surface area contributed by atoms with E-state index in [1.54, 1.807) is 6.92 Å². The fraction of sp³-hybridized carbons (Fsp3) is 0.455. The van der Waals surface area contributed by atoms with Gasteiger partial charge in [-0.3, -0.25) is 0 Å². The van der Waals surface area contributed by atoms with Gasteiger partial charge in [-0.25, -0.2) is 8.78 Å². The van der Waals surface area contributed by atoms with Gasteiger partial charge in [0.05, 0.1) is 6.61 Å². The molecule has 0 N–H and O–H groups in total. The highest BCUT2D eigenvalue weighted by molar-refractivity contribution is 5.34. The first-order valence-corrected chi connectivity index (χ1v) is 4.59. The zero-order valence-electron chi connectivity index (χ0n) is 8.60. The quantitative estimate of drug-likeness (QED) is 0.727. The standard InChI is InChI=1S/C11H14F2O/c1-7(2)6-14-11-5-9(12)4-10(13)8(11)3/h4-5,7H,6H2,1-3H3. The van der Waals surface area contributed by atoms with E-state index < -0.39 is 11.6 Å². The average Bonchev–Trinajstić information content (AvgIpc) is 2.08. The molecular weight excluding hydrogens is 186 g/mol. The summed E-state index contributed by atoms with van der Waals surface area (Å²) in [5.74, 6) is -0.549. The monoisotopic (exact) mass is 200 g/mol. The summed E-state index contributed by atoms with van der Waals surface area (Å²) in [7, 11) is 0. The second kappa shape index (κ2) is 4.40. The Morgan fingerprint density at radius 1 is 1.29 bits per heavy atom. The first-order valence-electron chi connectivity index (χ1n) is 4.59. The molecule has 0 saturated heterocycles. The Balaban J connectivity index is 2.85. The third-order valence-corrected chi connectivity index (χ3v) is 1.83. The van der Waals surface area contributed by atoms with Crippen molar-refractivity contribution >= 4 is 0 Å². The van der Waals surface area contributed by atoms with Gasteiger partial charge >= 0.3 is 0 Å². The number of hydrogen-bond acceptors (Lipinski definition) is 1. The second-order valence-corrected chi connectivity index (χ2v) is 3.72. The van der Waals surface area contributed by atoms with Gasteiger partial charge in [-0.1, -0.05) is 13.8 Å². The predicted octanol–water partition coefficient (Wildman–Crippen LogP) is 3.31. The van der Waals surface area contributed by atoms with Crippen LogP contribution < -0.4 is 4.74 Å². The number of rotatable bonds is 3. The normalized spacial score (nSPS) is 10.7.